The van der Waals surface area contributed by atoms with Crippen LogP contribution in [0.4, 0.5) is 0 Å². The lowest BCUT2D eigenvalue weighted by Crippen LogP contribution is -2.50. The Labute approximate surface area is 170 Å². The molecule has 0 amide bonds. The topological polar surface area (TPSA) is 107 Å². The number of benzene rings is 3. The van der Waals surface area contributed by atoms with Crippen LogP contribution in [0, 0.1) is 0 Å². The summed E-state index contributed by atoms with van der Waals surface area (Å²) >= 11 is 0. The SMILES string of the molecule is CS(=O)(=O)O.O[C@@H]1CCC[C@H](O)C1NCc1c2ccccc2cc2ccccc12. The molecule has 0 bridgehead atoms. The lowest BCUT2D eigenvalue weighted by molar-refractivity contribution is 0.000949. The summed E-state index contributed by atoms with van der Waals surface area (Å²) in [4.78, 5) is 0. The summed E-state index contributed by atoms with van der Waals surface area (Å²) in [5, 5.41) is 28.8. The van der Waals surface area contributed by atoms with Gasteiger partial charge in [-0.15, -0.1) is 0 Å². The molecule has 0 heterocycles. The van der Waals surface area contributed by atoms with Gasteiger partial charge in [0.2, 0.25) is 0 Å². The molecule has 0 saturated heterocycles. The first-order valence-corrected chi connectivity index (χ1v) is 11.5. The Morgan fingerprint density at radius 3 is 1.86 bits per heavy atom. The van der Waals surface area contributed by atoms with Crippen LogP contribution in [-0.2, 0) is 16.7 Å². The van der Waals surface area contributed by atoms with E-state index in [1.807, 2.05) is 0 Å². The van der Waals surface area contributed by atoms with E-state index in [9.17, 15) is 18.6 Å². The highest BCUT2D eigenvalue weighted by molar-refractivity contribution is 7.85. The second-order valence-corrected chi connectivity index (χ2v) is 8.97. The third-order valence-corrected chi connectivity index (χ3v) is 5.23. The molecule has 1 aliphatic rings. The van der Waals surface area contributed by atoms with Crippen molar-refractivity contribution in [3.63, 3.8) is 0 Å². The number of nitrogens with one attached hydrogen (secondary N) is 1. The highest BCUT2D eigenvalue weighted by atomic mass is 32.2. The molecule has 29 heavy (non-hydrogen) atoms. The molecule has 156 valence electrons. The van der Waals surface area contributed by atoms with Gasteiger partial charge >= 0.3 is 0 Å². The largest absolute Gasteiger partial charge is 0.391 e. The minimum absolute atomic E-state index is 0.253. The van der Waals surface area contributed by atoms with E-state index in [-0.39, 0.29) is 6.04 Å². The first-order valence-electron chi connectivity index (χ1n) is 9.65. The van der Waals surface area contributed by atoms with Crippen LogP contribution in [0.3, 0.4) is 0 Å². The van der Waals surface area contributed by atoms with Crippen molar-refractivity contribution in [1.82, 2.24) is 5.32 Å². The zero-order valence-corrected chi connectivity index (χ0v) is 17.1. The van der Waals surface area contributed by atoms with E-state index >= 15 is 0 Å². The van der Waals surface area contributed by atoms with Crippen molar-refractivity contribution in [2.24, 2.45) is 0 Å². The van der Waals surface area contributed by atoms with Gasteiger partial charge in [0.1, 0.15) is 0 Å². The van der Waals surface area contributed by atoms with Crippen molar-refractivity contribution in [2.75, 3.05) is 6.26 Å². The van der Waals surface area contributed by atoms with E-state index in [1.54, 1.807) is 0 Å². The minimum atomic E-state index is -3.67. The van der Waals surface area contributed by atoms with Crippen molar-refractivity contribution < 1.29 is 23.2 Å². The molecule has 3 aromatic rings. The van der Waals surface area contributed by atoms with E-state index in [1.165, 1.54) is 27.1 Å². The van der Waals surface area contributed by atoms with Crippen molar-refractivity contribution in [3.8, 4) is 0 Å². The van der Waals surface area contributed by atoms with E-state index in [2.05, 4.69) is 59.9 Å². The fraction of sp³-hybridized carbons (Fsp3) is 0.364. The lowest BCUT2D eigenvalue weighted by Gasteiger charge is -2.33. The summed E-state index contributed by atoms with van der Waals surface area (Å²) in [6, 6.07) is 18.8. The lowest BCUT2D eigenvalue weighted by atomic mass is 9.89. The quantitative estimate of drug-likeness (QED) is 0.386. The zero-order chi connectivity index (χ0) is 21.0. The van der Waals surface area contributed by atoms with Gasteiger partial charge in [-0.2, -0.15) is 8.42 Å². The first kappa shape index (κ1) is 21.7. The molecule has 4 N–H and O–H groups in total. The monoisotopic (exact) mass is 417 g/mol. The van der Waals surface area contributed by atoms with E-state index < -0.39 is 22.3 Å². The summed E-state index contributed by atoms with van der Waals surface area (Å²) in [6.45, 7) is 0.640. The fourth-order valence-corrected chi connectivity index (χ4v) is 3.94. The Hall–Kier alpha value is -2.03. The second-order valence-electron chi connectivity index (χ2n) is 7.50. The molecule has 1 fully saturated rings. The maximum Gasteiger partial charge on any atom is 0.261 e. The molecule has 1 unspecified atom stereocenters. The molecular weight excluding hydrogens is 390 g/mol. The molecule has 1 aliphatic carbocycles. The predicted octanol–water partition coefficient (Wildman–Crippen LogP) is 2.86. The molecule has 6 nitrogen and oxygen atoms in total. The van der Waals surface area contributed by atoms with Crippen molar-refractivity contribution >= 4 is 31.7 Å². The third-order valence-electron chi connectivity index (χ3n) is 5.23. The first-order chi connectivity index (χ1) is 13.7. The summed E-state index contributed by atoms with van der Waals surface area (Å²) in [5.74, 6) is 0. The predicted molar refractivity (Wildman–Crippen MR) is 115 cm³/mol. The van der Waals surface area contributed by atoms with E-state index in [0.29, 0.717) is 12.8 Å². The maximum atomic E-state index is 10.2. The highest BCUT2D eigenvalue weighted by Crippen LogP contribution is 2.29. The molecular formula is C22H27NO5S. The molecule has 0 radical (unpaired) electrons. The van der Waals surface area contributed by atoms with Crippen LogP contribution in [0.25, 0.3) is 21.5 Å². The Bertz CT molecular complexity index is 1010. The molecule has 3 aromatic carbocycles. The molecule has 0 spiro atoms. The Morgan fingerprint density at radius 1 is 0.931 bits per heavy atom. The van der Waals surface area contributed by atoms with Gasteiger partial charge in [-0.25, -0.2) is 0 Å². The van der Waals surface area contributed by atoms with Gasteiger partial charge < -0.3 is 15.5 Å². The normalized spacial score (nSPS) is 22.3. The molecule has 3 atom stereocenters. The molecule has 1 saturated carbocycles. The average Bonchev–Trinajstić information content (AvgIpc) is 2.65. The van der Waals surface area contributed by atoms with Gasteiger partial charge in [-0.05, 0) is 52.4 Å². The van der Waals surface area contributed by atoms with Crippen LogP contribution in [0.1, 0.15) is 24.8 Å². The number of rotatable bonds is 3. The second kappa shape index (κ2) is 9.19. The van der Waals surface area contributed by atoms with Gasteiger partial charge in [0.25, 0.3) is 10.1 Å². The molecule has 0 aliphatic heterocycles. The van der Waals surface area contributed by atoms with Crippen molar-refractivity contribution in [3.05, 3.63) is 60.2 Å². The van der Waals surface area contributed by atoms with Gasteiger partial charge in [-0.3, -0.25) is 4.55 Å². The molecule has 7 heteroatoms. The molecule has 4 rings (SSSR count). The van der Waals surface area contributed by atoms with Crippen LogP contribution in [0.2, 0.25) is 0 Å². The number of hydrogen-bond acceptors (Lipinski definition) is 5. The summed E-state index contributed by atoms with van der Waals surface area (Å²) < 4.78 is 25.9. The van der Waals surface area contributed by atoms with Gasteiger partial charge in [0.05, 0.1) is 24.5 Å². The van der Waals surface area contributed by atoms with E-state index in [0.717, 1.165) is 19.3 Å². The highest BCUT2D eigenvalue weighted by Gasteiger charge is 2.30. The van der Waals surface area contributed by atoms with Crippen LogP contribution in [0.5, 0.6) is 0 Å². The summed E-state index contributed by atoms with van der Waals surface area (Å²) in [5.41, 5.74) is 1.23. The van der Waals surface area contributed by atoms with E-state index in [4.69, 9.17) is 4.55 Å². The number of hydrogen-bond donors (Lipinski definition) is 4. The number of aliphatic hydroxyl groups is 2. The summed E-state index contributed by atoms with van der Waals surface area (Å²) in [6.07, 6.45) is 2.16. The Morgan fingerprint density at radius 2 is 1.38 bits per heavy atom. The smallest absolute Gasteiger partial charge is 0.261 e. The van der Waals surface area contributed by atoms with Gasteiger partial charge in [-0.1, -0.05) is 48.5 Å². The molecule has 0 aromatic heterocycles. The zero-order valence-electron chi connectivity index (χ0n) is 16.3. The van der Waals surface area contributed by atoms with Crippen molar-refractivity contribution in [1.29, 1.82) is 0 Å². The number of aliphatic hydroxyl groups excluding tert-OH is 2. The number of fused-ring (bicyclic) bond motifs is 2. The van der Waals surface area contributed by atoms with Crippen LogP contribution >= 0.6 is 0 Å². The fourth-order valence-electron chi connectivity index (χ4n) is 3.94. The van der Waals surface area contributed by atoms with Crippen LogP contribution < -0.4 is 5.32 Å². The van der Waals surface area contributed by atoms with Gasteiger partial charge in [0.15, 0.2) is 0 Å². The van der Waals surface area contributed by atoms with Crippen LogP contribution in [0.15, 0.2) is 54.6 Å². The summed E-state index contributed by atoms with van der Waals surface area (Å²) in [7, 11) is -3.67. The standard InChI is InChI=1S/C21H23NO2.CH4O3S/c23-19-10-5-11-20(24)21(19)22-13-18-16-8-3-1-6-14(16)12-15-7-2-4-9-17(15)18;1-5(2,3)4/h1-4,6-9,12,19-24H,5,10-11,13H2;1H3,(H,2,3,4)/t19-,20+,21?;. The van der Waals surface area contributed by atoms with Crippen molar-refractivity contribution in [2.45, 2.75) is 44.1 Å². The van der Waals surface area contributed by atoms with Crippen LogP contribution in [-0.4, -0.2) is 47.7 Å². The van der Waals surface area contributed by atoms with Gasteiger partial charge in [0, 0.05) is 6.54 Å². The average molecular weight is 418 g/mol. The minimum Gasteiger partial charge on any atom is -0.391 e. The maximum absolute atomic E-state index is 10.2. The third kappa shape index (κ3) is 5.74. The Balaban J connectivity index is 0.000000431. The Kier molecular flexibility index (Phi) is 6.87.